The van der Waals surface area contributed by atoms with Gasteiger partial charge in [-0.05, 0) is 39.8 Å². The molecule has 0 spiro atoms. The SMILES string of the molecule is CC1CN(C(=O)CC2CNC2)CC(C)(C)O1. The Kier molecular flexibility index (Phi) is 3.22. The van der Waals surface area contributed by atoms with E-state index in [-0.39, 0.29) is 17.6 Å². The van der Waals surface area contributed by atoms with E-state index in [0.29, 0.717) is 12.3 Å². The minimum Gasteiger partial charge on any atom is -0.369 e. The number of nitrogens with one attached hydrogen (secondary N) is 1. The summed E-state index contributed by atoms with van der Waals surface area (Å²) in [5, 5.41) is 3.20. The lowest BCUT2D eigenvalue weighted by Gasteiger charge is -2.42. The summed E-state index contributed by atoms with van der Waals surface area (Å²) < 4.78 is 5.79. The molecule has 1 amide bonds. The number of ether oxygens (including phenoxy) is 1. The lowest BCUT2D eigenvalue weighted by molar-refractivity contribution is -0.159. The maximum atomic E-state index is 12.1. The first kappa shape index (κ1) is 11.9. The van der Waals surface area contributed by atoms with Crippen molar-refractivity contribution in [2.45, 2.75) is 38.9 Å². The molecule has 2 fully saturated rings. The topological polar surface area (TPSA) is 41.6 Å². The van der Waals surface area contributed by atoms with Crippen molar-refractivity contribution in [1.29, 1.82) is 0 Å². The maximum Gasteiger partial charge on any atom is 0.223 e. The van der Waals surface area contributed by atoms with Gasteiger partial charge >= 0.3 is 0 Å². The van der Waals surface area contributed by atoms with Gasteiger partial charge in [0.2, 0.25) is 5.91 Å². The van der Waals surface area contributed by atoms with Crippen molar-refractivity contribution >= 4 is 5.91 Å². The fourth-order valence-electron chi connectivity index (χ4n) is 2.51. The number of hydrogen-bond donors (Lipinski definition) is 1. The van der Waals surface area contributed by atoms with Gasteiger partial charge < -0.3 is 15.0 Å². The molecule has 1 unspecified atom stereocenters. The number of morpholine rings is 1. The summed E-state index contributed by atoms with van der Waals surface area (Å²) in [6.45, 7) is 9.58. The highest BCUT2D eigenvalue weighted by atomic mass is 16.5. The molecule has 0 aromatic rings. The van der Waals surface area contributed by atoms with Crippen LogP contribution in [0.1, 0.15) is 27.2 Å². The Morgan fingerprint density at radius 3 is 2.69 bits per heavy atom. The third-order valence-corrected chi connectivity index (χ3v) is 3.25. The summed E-state index contributed by atoms with van der Waals surface area (Å²) in [6, 6.07) is 0. The monoisotopic (exact) mass is 226 g/mol. The highest BCUT2D eigenvalue weighted by Gasteiger charge is 2.34. The molecule has 2 aliphatic rings. The first-order chi connectivity index (χ1) is 7.46. The Labute approximate surface area is 97.3 Å². The zero-order valence-corrected chi connectivity index (χ0v) is 10.5. The highest BCUT2D eigenvalue weighted by molar-refractivity contribution is 5.76. The molecule has 0 radical (unpaired) electrons. The van der Waals surface area contributed by atoms with E-state index < -0.39 is 0 Å². The van der Waals surface area contributed by atoms with E-state index in [1.54, 1.807) is 0 Å². The van der Waals surface area contributed by atoms with Crippen molar-refractivity contribution in [3.63, 3.8) is 0 Å². The van der Waals surface area contributed by atoms with Crippen LogP contribution in [0.25, 0.3) is 0 Å². The molecule has 0 aromatic heterocycles. The number of amides is 1. The van der Waals surface area contributed by atoms with Gasteiger partial charge in [-0.25, -0.2) is 0 Å². The normalized spacial score (nSPS) is 29.9. The molecule has 4 nitrogen and oxygen atoms in total. The molecule has 16 heavy (non-hydrogen) atoms. The largest absolute Gasteiger partial charge is 0.369 e. The molecule has 2 aliphatic heterocycles. The van der Waals surface area contributed by atoms with Gasteiger partial charge in [-0.3, -0.25) is 4.79 Å². The van der Waals surface area contributed by atoms with Crippen LogP contribution in [0.3, 0.4) is 0 Å². The molecule has 0 aromatic carbocycles. The van der Waals surface area contributed by atoms with E-state index in [1.165, 1.54) is 0 Å². The quantitative estimate of drug-likeness (QED) is 0.750. The molecule has 0 bridgehead atoms. The van der Waals surface area contributed by atoms with Gasteiger partial charge in [0.15, 0.2) is 0 Å². The predicted octanol–water partition coefficient (Wildman–Crippen LogP) is 0.622. The molecule has 2 heterocycles. The van der Waals surface area contributed by atoms with E-state index in [0.717, 1.165) is 26.2 Å². The van der Waals surface area contributed by atoms with E-state index in [2.05, 4.69) is 5.32 Å². The summed E-state index contributed by atoms with van der Waals surface area (Å²) in [6.07, 6.45) is 0.836. The van der Waals surface area contributed by atoms with Crippen LogP contribution >= 0.6 is 0 Å². The lowest BCUT2D eigenvalue weighted by atomic mass is 9.97. The second kappa shape index (κ2) is 4.34. The van der Waals surface area contributed by atoms with E-state index >= 15 is 0 Å². The van der Waals surface area contributed by atoms with E-state index in [1.807, 2.05) is 25.7 Å². The smallest absolute Gasteiger partial charge is 0.223 e. The standard InChI is InChI=1S/C12H22N2O2/c1-9-7-14(8-12(2,3)16-9)11(15)4-10-5-13-6-10/h9-10,13H,4-8H2,1-3H3. The van der Waals surface area contributed by atoms with Crippen LogP contribution in [0.2, 0.25) is 0 Å². The van der Waals surface area contributed by atoms with Gasteiger partial charge in [0, 0.05) is 19.5 Å². The Hall–Kier alpha value is -0.610. The second-order valence-corrected chi connectivity index (χ2v) is 5.69. The fourth-order valence-corrected chi connectivity index (χ4v) is 2.51. The summed E-state index contributed by atoms with van der Waals surface area (Å²) in [5.41, 5.74) is -0.203. The van der Waals surface area contributed by atoms with E-state index in [4.69, 9.17) is 4.74 Å². The van der Waals surface area contributed by atoms with Crippen molar-refractivity contribution in [2.24, 2.45) is 5.92 Å². The van der Waals surface area contributed by atoms with Gasteiger partial charge in [-0.2, -0.15) is 0 Å². The Bertz CT molecular complexity index is 274. The van der Waals surface area contributed by atoms with Crippen LogP contribution in [0.5, 0.6) is 0 Å². The van der Waals surface area contributed by atoms with Crippen molar-refractivity contribution in [3.8, 4) is 0 Å². The molecule has 1 atom stereocenters. The van der Waals surface area contributed by atoms with Gasteiger partial charge in [-0.15, -0.1) is 0 Å². The number of rotatable bonds is 2. The number of carbonyl (C=O) groups excluding carboxylic acids is 1. The van der Waals surface area contributed by atoms with Gasteiger partial charge in [0.05, 0.1) is 11.7 Å². The molecule has 2 rings (SSSR count). The summed E-state index contributed by atoms with van der Waals surface area (Å²) in [7, 11) is 0. The number of hydrogen-bond acceptors (Lipinski definition) is 3. The average molecular weight is 226 g/mol. The fraction of sp³-hybridized carbons (Fsp3) is 0.917. The molecular formula is C12H22N2O2. The maximum absolute atomic E-state index is 12.1. The van der Waals surface area contributed by atoms with Crippen molar-refractivity contribution < 1.29 is 9.53 Å². The second-order valence-electron chi connectivity index (χ2n) is 5.69. The molecule has 0 saturated carbocycles. The van der Waals surface area contributed by atoms with Gasteiger partial charge in [-0.1, -0.05) is 0 Å². The minimum atomic E-state index is -0.203. The first-order valence-electron chi connectivity index (χ1n) is 6.12. The molecule has 2 saturated heterocycles. The predicted molar refractivity (Wildman–Crippen MR) is 62.2 cm³/mol. The van der Waals surface area contributed by atoms with Crippen LogP contribution in [-0.2, 0) is 9.53 Å². The van der Waals surface area contributed by atoms with Gasteiger partial charge in [0.25, 0.3) is 0 Å². The summed E-state index contributed by atoms with van der Waals surface area (Å²) in [5.74, 6) is 0.837. The number of nitrogens with zero attached hydrogens (tertiary/aromatic N) is 1. The van der Waals surface area contributed by atoms with Crippen molar-refractivity contribution in [1.82, 2.24) is 10.2 Å². The van der Waals surface area contributed by atoms with Crippen LogP contribution in [0.4, 0.5) is 0 Å². The van der Waals surface area contributed by atoms with Crippen LogP contribution in [0, 0.1) is 5.92 Å². The highest BCUT2D eigenvalue weighted by Crippen LogP contribution is 2.22. The molecule has 1 N–H and O–H groups in total. The third kappa shape index (κ3) is 2.74. The molecular weight excluding hydrogens is 204 g/mol. The molecule has 4 heteroatoms. The molecule has 0 aliphatic carbocycles. The Balaban J connectivity index is 1.89. The Morgan fingerprint density at radius 2 is 2.19 bits per heavy atom. The van der Waals surface area contributed by atoms with Crippen molar-refractivity contribution in [3.05, 3.63) is 0 Å². The average Bonchev–Trinajstić information content (AvgIpc) is 2.07. The molecule has 92 valence electrons. The van der Waals surface area contributed by atoms with Crippen LogP contribution < -0.4 is 5.32 Å². The minimum absolute atomic E-state index is 0.146. The summed E-state index contributed by atoms with van der Waals surface area (Å²) >= 11 is 0. The summed E-state index contributed by atoms with van der Waals surface area (Å²) in [4.78, 5) is 14.0. The van der Waals surface area contributed by atoms with E-state index in [9.17, 15) is 4.79 Å². The third-order valence-electron chi connectivity index (χ3n) is 3.25. The van der Waals surface area contributed by atoms with Crippen molar-refractivity contribution in [2.75, 3.05) is 26.2 Å². The lowest BCUT2D eigenvalue weighted by Crippen LogP contribution is -2.55. The zero-order valence-electron chi connectivity index (χ0n) is 10.5. The van der Waals surface area contributed by atoms with Crippen LogP contribution in [-0.4, -0.2) is 48.7 Å². The van der Waals surface area contributed by atoms with Crippen LogP contribution in [0.15, 0.2) is 0 Å². The van der Waals surface area contributed by atoms with Gasteiger partial charge in [0.1, 0.15) is 0 Å². The first-order valence-corrected chi connectivity index (χ1v) is 6.12. The zero-order chi connectivity index (χ0) is 11.8. The Morgan fingerprint density at radius 1 is 1.50 bits per heavy atom. The number of carbonyl (C=O) groups is 1.